The Morgan fingerprint density at radius 2 is 1.19 bits per heavy atom. The molecule has 5 heteroatoms. The van der Waals surface area contributed by atoms with Crippen molar-refractivity contribution in [3.05, 3.63) is 125 Å². The van der Waals surface area contributed by atoms with Crippen molar-refractivity contribution in [2.45, 2.75) is 5.54 Å². The third-order valence-electron chi connectivity index (χ3n) is 4.75. The van der Waals surface area contributed by atoms with Gasteiger partial charge in [0.1, 0.15) is 0 Å². The number of hydrogen-bond acceptors (Lipinski definition) is 2. The van der Waals surface area contributed by atoms with Crippen LogP contribution in [0, 0.1) is 5.21 Å². The van der Waals surface area contributed by atoms with E-state index in [9.17, 15) is 5.21 Å². The molecule has 0 radical (unpaired) electrons. The van der Waals surface area contributed by atoms with E-state index in [0.717, 1.165) is 21.4 Å². The highest BCUT2D eigenvalue weighted by Crippen LogP contribution is 2.39. The van der Waals surface area contributed by atoms with Crippen molar-refractivity contribution in [3.8, 4) is 0 Å². The number of aromatic nitrogens is 3. The molecule has 3 aromatic carbocycles. The van der Waals surface area contributed by atoms with Crippen LogP contribution in [0.2, 0.25) is 0 Å². The molecule has 0 amide bonds. The summed E-state index contributed by atoms with van der Waals surface area (Å²) in [5.74, 6) is 0. The van der Waals surface area contributed by atoms with Gasteiger partial charge in [0.2, 0.25) is 6.33 Å². The zero-order chi connectivity index (χ0) is 18.7. The second-order valence-corrected chi connectivity index (χ2v) is 6.36. The van der Waals surface area contributed by atoms with Crippen molar-refractivity contribution < 1.29 is 0 Å². The van der Waals surface area contributed by atoms with Gasteiger partial charge < -0.3 is 5.21 Å². The minimum Gasteiger partial charge on any atom is -0.744 e. The third kappa shape index (κ3) is 2.83. The molecular weight excluding hydrogens is 336 g/mol. The molecule has 0 aliphatic rings. The van der Waals surface area contributed by atoms with Gasteiger partial charge in [0.15, 0.2) is 5.54 Å². The maximum absolute atomic E-state index is 11.8. The van der Waals surface area contributed by atoms with E-state index in [2.05, 4.69) is 46.5 Å². The molecule has 1 heterocycles. The van der Waals surface area contributed by atoms with Gasteiger partial charge in [-0.1, -0.05) is 96.0 Å². The fourth-order valence-corrected chi connectivity index (χ4v) is 3.56. The number of benzene rings is 3. The van der Waals surface area contributed by atoms with E-state index in [-0.39, 0.29) is 5.62 Å². The topological polar surface area (TPSA) is 59.7 Å². The summed E-state index contributed by atoms with van der Waals surface area (Å²) in [7, 11) is 1.43. The standard InChI is InChI=1S/C22H20N4O/c1-25(27)21-23-17-26(24-21)22(18-11-5-2-6-12-18,19-13-7-3-8-14-19)20-15-9-4-10-16-20/h2-17,24H,1H3/b25-21+. The van der Waals surface area contributed by atoms with Gasteiger partial charge in [0, 0.05) is 0 Å². The van der Waals surface area contributed by atoms with Crippen LogP contribution in [0.5, 0.6) is 0 Å². The summed E-state index contributed by atoms with van der Waals surface area (Å²) in [4.78, 5) is 4.28. The Morgan fingerprint density at radius 3 is 1.52 bits per heavy atom. The lowest BCUT2D eigenvalue weighted by Gasteiger charge is -2.34. The Balaban J connectivity index is 2.14. The molecule has 0 unspecified atom stereocenters. The molecule has 0 aliphatic heterocycles. The lowest BCUT2D eigenvalue weighted by Crippen LogP contribution is -2.39. The molecule has 0 fully saturated rings. The number of H-pyrrole nitrogens is 1. The van der Waals surface area contributed by atoms with Crippen molar-refractivity contribution in [1.82, 2.24) is 19.5 Å². The highest BCUT2D eigenvalue weighted by molar-refractivity contribution is 5.49. The predicted octanol–water partition coefficient (Wildman–Crippen LogP) is 2.95. The molecule has 1 aromatic heterocycles. The number of nitrogens with zero attached hydrogens (tertiary/aromatic N) is 3. The van der Waals surface area contributed by atoms with Crippen LogP contribution in [0.15, 0.2) is 97.3 Å². The summed E-state index contributed by atoms with van der Waals surface area (Å²) >= 11 is 0. The minimum atomic E-state index is -0.689. The number of hydroxylamine groups is 1. The quantitative estimate of drug-likeness (QED) is 0.347. The van der Waals surface area contributed by atoms with Gasteiger partial charge in [0.25, 0.3) is 0 Å². The van der Waals surface area contributed by atoms with Crippen molar-refractivity contribution >= 4 is 0 Å². The van der Waals surface area contributed by atoms with E-state index >= 15 is 0 Å². The van der Waals surface area contributed by atoms with Crippen molar-refractivity contribution in [2.75, 3.05) is 7.05 Å². The number of rotatable bonds is 4. The predicted molar refractivity (Wildman–Crippen MR) is 106 cm³/mol. The first-order chi connectivity index (χ1) is 13.2. The van der Waals surface area contributed by atoms with Crippen LogP contribution in [-0.2, 0) is 5.54 Å². The van der Waals surface area contributed by atoms with Crippen LogP contribution in [-0.4, -0.2) is 21.8 Å². The van der Waals surface area contributed by atoms with Gasteiger partial charge in [-0.2, -0.15) is 9.78 Å². The van der Waals surface area contributed by atoms with Crippen LogP contribution < -0.4 is 10.4 Å². The maximum atomic E-state index is 11.8. The number of hydrogen-bond donors (Lipinski definition) is 1. The SMILES string of the molecule is C/[N+]([O-])=c1/ncn(C(c2ccccc2)(c2ccccc2)c2ccccc2)[nH]1. The Hall–Kier alpha value is -3.60. The molecule has 5 nitrogen and oxygen atoms in total. The van der Waals surface area contributed by atoms with E-state index in [0.29, 0.717) is 0 Å². The smallest absolute Gasteiger partial charge is 0.411 e. The number of nitrogens with one attached hydrogen (secondary N) is 1. The zero-order valence-corrected chi connectivity index (χ0v) is 15.0. The Bertz CT molecular complexity index is 982. The van der Waals surface area contributed by atoms with Crippen LogP contribution in [0.1, 0.15) is 16.7 Å². The summed E-state index contributed by atoms with van der Waals surface area (Å²) in [5, 5.41) is 15.0. The van der Waals surface area contributed by atoms with Gasteiger partial charge in [-0.15, -0.1) is 0 Å². The second-order valence-electron chi connectivity index (χ2n) is 6.36. The Morgan fingerprint density at radius 1 is 0.778 bits per heavy atom. The van der Waals surface area contributed by atoms with Gasteiger partial charge in [0.05, 0.1) is 7.05 Å². The van der Waals surface area contributed by atoms with E-state index < -0.39 is 5.54 Å². The molecule has 4 rings (SSSR count). The van der Waals surface area contributed by atoms with Gasteiger partial charge in [-0.05, 0) is 16.7 Å². The molecule has 1 N–H and O–H groups in total. The van der Waals surface area contributed by atoms with Crippen molar-refractivity contribution in [2.24, 2.45) is 0 Å². The van der Waals surface area contributed by atoms with Crippen LogP contribution in [0.3, 0.4) is 0 Å². The summed E-state index contributed by atoms with van der Waals surface area (Å²) in [6.45, 7) is 0. The van der Waals surface area contributed by atoms with E-state index in [4.69, 9.17) is 0 Å². The molecule has 0 aliphatic carbocycles. The van der Waals surface area contributed by atoms with E-state index in [1.165, 1.54) is 7.05 Å². The Labute approximate surface area is 157 Å². The molecule has 0 atom stereocenters. The molecule has 0 saturated heterocycles. The van der Waals surface area contributed by atoms with Gasteiger partial charge in [-0.25, -0.2) is 0 Å². The molecule has 27 heavy (non-hydrogen) atoms. The van der Waals surface area contributed by atoms with Crippen molar-refractivity contribution in [3.63, 3.8) is 0 Å². The first-order valence-corrected chi connectivity index (χ1v) is 8.77. The lowest BCUT2D eigenvalue weighted by atomic mass is 9.77. The summed E-state index contributed by atoms with van der Waals surface area (Å²) in [5.41, 5.74) is 2.76. The van der Waals surface area contributed by atoms with E-state index in [1.54, 1.807) is 6.33 Å². The summed E-state index contributed by atoms with van der Waals surface area (Å²) in [6, 6.07) is 30.7. The molecule has 0 spiro atoms. The number of aromatic amines is 1. The zero-order valence-electron chi connectivity index (χ0n) is 15.0. The maximum Gasteiger partial charge on any atom is 0.411 e. The van der Waals surface area contributed by atoms with Crippen LogP contribution in [0.4, 0.5) is 0 Å². The fraction of sp³-hybridized carbons (Fsp3) is 0.0909. The summed E-state index contributed by atoms with van der Waals surface area (Å²) < 4.78 is 2.62. The molecule has 0 saturated carbocycles. The normalized spacial score (nSPS) is 12.6. The van der Waals surface area contributed by atoms with E-state index in [1.807, 2.05) is 59.3 Å². The molecule has 134 valence electrons. The minimum absolute atomic E-state index is 0.252. The van der Waals surface area contributed by atoms with Gasteiger partial charge in [-0.3, -0.25) is 4.74 Å². The van der Waals surface area contributed by atoms with Crippen LogP contribution >= 0.6 is 0 Å². The molecule has 4 aromatic rings. The third-order valence-corrected chi connectivity index (χ3v) is 4.75. The Kier molecular flexibility index (Phi) is 4.34. The average Bonchev–Trinajstić information content (AvgIpc) is 3.22. The molecule has 0 bridgehead atoms. The second kappa shape index (κ2) is 6.96. The lowest BCUT2D eigenvalue weighted by molar-refractivity contribution is 0.453. The fourth-order valence-electron chi connectivity index (χ4n) is 3.56. The largest absolute Gasteiger partial charge is 0.744 e. The summed E-state index contributed by atoms with van der Waals surface area (Å²) in [6.07, 6.45) is 1.68. The highest BCUT2D eigenvalue weighted by atomic mass is 16.5. The monoisotopic (exact) mass is 356 g/mol. The first-order valence-electron chi connectivity index (χ1n) is 8.77. The highest BCUT2D eigenvalue weighted by Gasteiger charge is 2.40. The molecular formula is C22H20N4O. The first kappa shape index (κ1) is 16.8. The van der Waals surface area contributed by atoms with Crippen LogP contribution in [0.25, 0.3) is 0 Å². The van der Waals surface area contributed by atoms with Crippen molar-refractivity contribution in [1.29, 1.82) is 0 Å². The van der Waals surface area contributed by atoms with Gasteiger partial charge >= 0.3 is 5.62 Å². The average molecular weight is 356 g/mol.